The summed E-state index contributed by atoms with van der Waals surface area (Å²) in [6.07, 6.45) is 4.01. The van der Waals surface area contributed by atoms with Gasteiger partial charge in [0.1, 0.15) is 17.8 Å². The molecule has 42 heavy (non-hydrogen) atoms. The van der Waals surface area contributed by atoms with E-state index in [1.54, 1.807) is 13.0 Å². The van der Waals surface area contributed by atoms with Crippen molar-refractivity contribution in [3.8, 4) is 0 Å². The topological polar surface area (TPSA) is 172 Å². The van der Waals surface area contributed by atoms with Gasteiger partial charge in [0.15, 0.2) is 5.82 Å². The van der Waals surface area contributed by atoms with Gasteiger partial charge in [-0.2, -0.15) is 0 Å². The molecule has 0 unspecified atom stereocenters. The van der Waals surface area contributed by atoms with Gasteiger partial charge in [0, 0.05) is 24.4 Å². The number of hydrogen-bond acceptors (Lipinski definition) is 9. The van der Waals surface area contributed by atoms with Gasteiger partial charge in [-0.15, -0.1) is 5.10 Å². The molecule has 3 aromatic rings. The predicted octanol–water partition coefficient (Wildman–Crippen LogP) is 1.73. The molecule has 2 aromatic heterocycles. The van der Waals surface area contributed by atoms with Crippen LogP contribution in [0, 0.1) is 5.41 Å². The number of carbonyl (C=O) groups is 4. The van der Waals surface area contributed by atoms with E-state index >= 15 is 0 Å². The molecule has 1 aromatic carbocycles. The van der Waals surface area contributed by atoms with E-state index in [1.165, 1.54) is 17.1 Å². The summed E-state index contributed by atoms with van der Waals surface area (Å²) in [5.41, 5.74) is 0.217. The Labute approximate surface area is 243 Å². The first-order valence-corrected chi connectivity index (χ1v) is 13.9. The molecule has 0 saturated carbocycles. The Morgan fingerprint density at radius 3 is 2.64 bits per heavy atom. The summed E-state index contributed by atoms with van der Waals surface area (Å²) in [7, 11) is 0. The van der Waals surface area contributed by atoms with Crippen LogP contribution in [0.4, 0.5) is 0 Å². The number of likely N-dealkylation sites (tertiary alicyclic amines) is 1. The van der Waals surface area contributed by atoms with Crippen molar-refractivity contribution < 1.29 is 23.9 Å². The van der Waals surface area contributed by atoms with Gasteiger partial charge in [-0.3, -0.25) is 14.4 Å². The van der Waals surface area contributed by atoms with Crippen LogP contribution in [-0.2, 0) is 25.5 Å². The van der Waals surface area contributed by atoms with Gasteiger partial charge in [-0.1, -0.05) is 51.1 Å². The van der Waals surface area contributed by atoms with Crippen LogP contribution in [0.5, 0.6) is 0 Å². The van der Waals surface area contributed by atoms with E-state index in [4.69, 9.17) is 4.74 Å². The van der Waals surface area contributed by atoms with Crippen LogP contribution in [0.2, 0.25) is 0 Å². The fraction of sp³-hybridized carbons (Fsp3) is 0.448. The Hall–Kier alpha value is -4.68. The number of para-hydroxylation sites is 1. The number of benzene rings is 1. The fourth-order valence-corrected chi connectivity index (χ4v) is 4.82. The molecule has 0 radical (unpaired) electrons. The zero-order valence-corrected chi connectivity index (χ0v) is 24.2. The number of nitrogens with zero attached hydrogens (tertiary/aromatic N) is 5. The number of aromatic amines is 1. The van der Waals surface area contributed by atoms with Gasteiger partial charge in [0.25, 0.3) is 5.91 Å². The highest BCUT2D eigenvalue weighted by Crippen LogP contribution is 2.26. The predicted molar refractivity (Wildman–Crippen MR) is 153 cm³/mol. The number of nitrogens with one attached hydrogen (secondary N) is 3. The first-order chi connectivity index (χ1) is 20.1. The quantitative estimate of drug-likeness (QED) is 0.240. The minimum absolute atomic E-state index is 0.189. The van der Waals surface area contributed by atoms with Gasteiger partial charge >= 0.3 is 5.97 Å². The zero-order chi connectivity index (χ0) is 30.3. The molecule has 3 N–H and O–H groups in total. The van der Waals surface area contributed by atoms with Crippen LogP contribution >= 0.6 is 0 Å². The second kappa shape index (κ2) is 13.3. The number of fused-ring (bicyclic) bond motifs is 1. The molecular formula is C29H36N8O5. The number of amides is 3. The number of esters is 1. The van der Waals surface area contributed by atoms with E-state index in [9.17, 15) is 19.2 Å². The molecule has 3 heterocycles. The number of ether oxygens (including phenoxy) is 1. The maximum absolute atomic E-state index is 13.9. The van der Waals surface area contributed by atoms with Crippen molar-refractivity contribution in [1.29, 1.82) is 0 Å². The first-order valence-electron chi connectivity index (χ1n) is 13.9. The molecule has 222 valence electrons. The van der Waals surface area contributed by atoms with Crippen molar-refractivity contribution in [2.75, 3.05) is 13.2 Å². The molecule has 0 spiro atoms. The molecule has 3 amide bonds. The molecule has 13 nitrogen and oxygen atoms in total. The summed E-state index contributed by atoms with van der Waals surface area (Å²) < 4.78 is 4.95. The summed E-state index contributed by atoms with van der Waals surface area (Å²) in [6.45, 7) is 7.85. The Balaban J connectivity index is 1.49. The van der Waals surface area contributed by atoms with Crippen molar-refractivity contribution >= 4 is 34.6 Å². The van der Waals surface area contributed by atoms with Crippen LogP contribution in [0.15, 0.2) is 48.6 Å². The third kappa shape index (κ3) is 7.53. The molecule has 1 aliphatic rings. The lowest BCUT2D eigenvalue weighted by Gasteiger charge is -2.35. The Bertz CT molecular complexity index is 1450. The molecule has 1 saturated heterocycles. The van der Waals surface area contributed by atoms with Gasteiger partial charge in [0.05, 0.1) is 18.2 Å². The summed E-state index contributed by atoms with van der Waals surface area (Å²) >= 11 is 0. The van der Waals surface area contributed by atoms with Crippen LogP contribution in [0.3, 0.4) is 0 Å². The SMILES string of the molecule is CCOC(=O)/C=C/[C@H](Cc1nnn[nH]1)NC(=O)[C@H]1CCCN1C(=O)[C@H](NC(=O)c1ccc2ccccc2n1)C(C)(C)C. The minimum Gasteiger partial charge on any atom is -0.463 e. The van der Waals surface area contributed by atoms with Gasteiger partial charge in [-0.05, 0) is 47.7 Å². The molecule has 0 bridgehead atoms. The second-order valence-electron chi connectivity index (χ2n) is 11.1. The second-order valence-corrected chi connectivity index (χ2v) is 11.1. The van der Waals surface area contributed by atoms with Gasteiger partial charge in [0.2, 0.25) is 11.8 Å². The average Bonchev–Trinajstić information content (AvgIpc) is 3.66. The lowest BCUT2D eigenvalue weighted by molar-refractivity contribution is -0.142. The molecule has 13 heteroatoms. The van der Waals surface area contributed by atoms with Gasteiger partial charge in [-0.25, -0.2) is 14.9 Å². The van der Waals surface area contributed by atoms with Crippen molar-refractivity contribution in [1.82, 2.24) is 41.1 Å². The molecule has 0 aliphatic carbocycles. The Morgan fingerprint density at radius 2 is 1.93 bits per heavy atom. The molecule has 4 rings (SSSR count). The highest BCUT2D eigenvalue weighted by atomic mass is 16.5. The van der Waals surface area contributed by atoms with Gasteiger partial charge < -0.3 is 20.3 Å². The largest absolute Gasteiger partial charge is 0.463 e. The number of tetrazole rings is 1. The highest BCUT2D eigenvalue weighted by molar-refractivity contribution is 5.99. The van der Waals surface area contributed by atoms with E-state index in [0.29, 0.717) is 30.7 Å². The Kier molecular flexibility index (Phi) is 9.60. The minimum atomic E-state index is -0.911. The van der Waals surface area contributed by atoms with Crippen molar-refractivity contribution in [3.63, 3.8) is 0 Å². The van der Waals surface area contributed by atoms with Crippen LogP contribution in [0.25, 0.3) is 10.9 Å². The van der Waals surface area contributed by atoms with Crippen LogP contribution < -0.4 is 10.6 Å². The van der Waals surface area contributed by atoms with Crippen LogP contribution in [-0.4, -0.2) is 85.5 Å². The smallest absolute Gasteiger partial charge is 0.330 e. The first kappa shape index (κ1) is 30.3. The normalized spacial score (nSPS) is 16.8. The number of hydrogen-bond donors (Lipinski definition) is 3. The molecule has 1 fully saturated rings. The van der Waals surface area contributed by atoms with E-state index in [2.05, 4.69) is 36.2 Å². The lowest BCUT2D eigenvalue weighted by atomic mass is 9.85. The van der Waals surface area contributed by atoms with Crippen molar-refractivity contribution in [2.45, 2.75) is 65.1 Å². The van der Waals surface area contributed by atoms with E-state index < -0.39 is 35.4 Å². The Morgan fingerprint density at radius 1 is 1.14 bits per heavy atom. The van der Waals surface area contributed by atoms with E-state index in [-0.39, 0.29) is 30.5 Å². The summed E-state index contributed by atoms with van der Waals surface area (Å²) in [4.78, 5) is 58.5. The molecule has 1 aliphatic heterocycles. The fourth-order valence-electron chi connectivity index (χ4n) is 4.82. The average molecular weight is 577 g/mol. The number of carbonyl (C=O) groups excluding carboxylic acids is 4. The maximum Gasteiger partial charge on any atom is 0.330 e. The number of rotatable bonds is 10. The highest BCUT2D eigenvalue weighted by Gasteiger charge is 2.42. The number of aromatic nitrogens is 5. The molecule has 3 atom stereocenters. The standard InChI is InChI=1S/C29H36N8O5/c1-5-42-24(38)15-13-19(17-23-33-35-36-34-23)30-27(40)22-11-8-16-37(22)28(41)25(29(2,3)4)32-26(39)21-14-12-18-9-6-7-10-20(18)31-21/h6-7,9-10,12-15,19,22,25H,5,8,11,16-17H2,1-4H3,(H,30,40)(H,32,39)(H,33,34,35,36)/b15-13+/t19-,22-,25+/m1/s1. The summed E-state index contributed by atoms with van der Waals surface area (Å²) in [5, 5.41) is 20.3. The van der Waals surface area contributed by atoms with Crippen LogP contribution in [0.1, 0.15) is 56.8 Å². The number of pyridine rings is 1. The van der Waals surface area contributed by atoms with E-state index in [0.717, 1.165) is 5.39 Å². The lowest BCUT2D eigenvalue weighted by Crippen LogP contribution is -2.58. The van der Waals surface area contributed by atoms with Crippen molar-refractivity contribution in [3.05, 3.63) is 60.1 Å². The molecular weight excluding hydrogens is 540 g/mol. The zero-order valence-electron chi connectivity index (χ0n) is 24.2. The van der Waals surface area contributed by atoms with E-state index in [1.807, 2.05) is 51.1 Å². The summed E-state index contributed by atoms with van der Waals surface area (Å²) in [6, 6.07) is 8.59. The third-order valence-corrected chi connectivity index (χ3v) is 6.94. The third-order valence-electron chi connectivity index (χ3n) is 6.94. The summed E-state index contributed by atoms with van der Waals surface area (Å²) in [5.74, 6) is -1.35. The number of H-pyrrole nitrogens is 1. The monoisotopic (exact) mass is 576 g/mol. The van der Waals surface area contributed by atoms with Crippen molar-refractivity contribution in [2.24, 2.45) is 5.41 Å². The maximum atomic E-state index is 13.9.